The number of nitrogens with one attached hydrogen (secondary N) is 1. The lowest BCUT2D eigenvalue weighted by Gasteiger charge is -2.01. The van der Waals surface area contributed by atoms with E-state index in [1.165, 1.54) is 6.07 Å². The Kier molecular flexibility index (Phi) is 5.06. The van der Waals surface area contributed by atoms with Gasteiger partial charge in [-0.05, 0) is 30.3 Å². The average Bonchev–Trinajstić information content (AvgIpc) is 3.19. The van der Waals surface area contributed by atoms with Crippen molar-refractivity contribution in [2.45, 2.75) is 0 Å². The van der Waals surface area contributed by atoms with E-state index in [0.717, 1.165) is 16.8 Å². The Morgan fingerprint density at radius 1 is 1.03 bits per heavy atom. The van der Waals surface area contributed by atoms with Crippen molar-refractivity contribution in [3.05, 3.63) is 101 Å². The standard InChI is InChI=1S/C21H16N6O2/c28-27(29)20-11-5-4-10-19(20)24-23-14-17-15-26(18-8-2-1-3-9-18)25-21(17)16-7-6-12-22-13-16/h1-15,24H/b23-14+. The maximum atomic E-state index is 11.1. The molecule has 0 saturated heterocycles. The van der Waals surface area contributed by atoms with E-state index < -0.39 is 4.92 Å². The summed E-state index contributed by atoms with van der Waals surface area (Å²) in [5.41, 5.74) is 6.21. The Labute approximate surface area is 166 Å². The molecule has 0 bridgehead atoms. The Balaban J connectivity index is 1.68. The molecule has 2 heterocycles. The molecule has 0 aliphatic rings. The monoisotopic (exact) mass is 384 g/mol. The van der Waals surface area contributed by atoms with Gasteiger partial charge in [0, 0.05) is 35.8 Å². The van der Waals surface area contributed by atoms with E-state index >= 15 is 0 Å². The third-order valence-electron chi connectivity index (χ3n) is 4.19. The lowest BCUT2D eigenvalue weighted by molar-refractivity contribution is -0.384. The van der Waals surface area contributed by atoms with Crippen molar-refractivity contribution in [2.24, 2.45) is 5.10 Å². The summed E-state index contributed by atoms with van der Waals surface area (Å²) < 4.78 is 1.76. The van der Waals surface area contributed by atoms with Crippen LogP contribution in [0.25, 0.3) is 16.9 Å². The summed E-state index contributed by atoms with van der Waals surface area (Å²) in [4.78, 5) is 14.9. The minimum absolute atomic E-state index is 0.0443. The Bertz CT molecular complexity index is 1160. The molecular weight excluding hydrogens is 368 g/mol. The van der Waals surface area contributed by atoms with Gasteiger partial charge in [-0.1, -0.05) is 30.3 Å². The number of hydrogen-bond acceptors (Lipinski definition) is 6. The summed E-state index contributed by atoms with van der Waals surface area (Å²) in [6.07, 6.45) is 6.86. The molecule has 0 aliphatic heterocycles. The highest BCUT2D eigenvalue weighted by Crippen LogP contribution is 2.24. The number of nitro groups is 1. The topological polar surface area (TPSA) is 98.2 Å². The number of benzene rings is 2. The third kappa shape index (κ3) is 4.01. The molecule has 0 fully saturated rings. The highest BCUT2D eigenvalue weighted by atomic mass is 16.6. The summed E-state index contributed by atoms with van der Waals surface area (Å²) in [5.74, 6) is 0. The number of pyridine rings is 1. The smallest absolute Gasteiger partial charge is 0.272 e. The SMILES string of the molecule is O=[N+]([O-])c1ccccc1N/N=C/c1cn(-c2ccccc2)nc1-c1cccnc1. The van der Waals surface area contributed by atoms with Crippen LogP contribution in [0.3, 0.4) is 0 Å². The van der Waals surface area contributed by atoms with Gasteiger partial charge in [-0.15, -0.1) is 0 Å². The van der Waals surface area contributed by atoms with Crippen molar-refractivity contribution in [1.82, 2.24) is 14.8 Å². The van der Waals surface area contributed by atoms with E-state index in [1.807, 2.05) is 48.7 Å². The maximum Gasteiger partial charge on any atom is 0.294 e. The quantitative estimate of drug-likeness (QED) is 0.304. The second-order valence-corrected chi connectivity index (χ2v) is 6.10. The van der Waals surface area contributed by atoms with E-state index in [9.17, 15) is 10.1 Å². The fourth-order valence-corrected chi connectivity index (χ4v) is 2.82. The summed E-state index contributed by atoms with van der Waals surface area (Å²) in [6, 6.07) is 19.8. The number of para-hydroxylation sites is 3. The third-order valence-corrected chi connectivity index (χ3v) is 4.19. The van der Waals surface area contributed by atoms with Crippen LogP contribution in [0.1, 0.15) is 5.56 Å². The zero-order chi connectivity index (χ0) is 20.1. The molecule has 2 aromatic carbocycles. The number of aromatic nitrogens is 3. The second-order valence-electron chi connectivity index (χ2n) is 6.10. The van der Waals surface area contributed by atoms with Gasteiger partial charge in [0.05, 0.1) is 16.8 Å². The first kappa shape index (κ1) is 18.1. The number of hydrogen-bond donors (Lipinski definition) is 1. The summed E-state index contributed by atoms with van der Waals surface area (Å²) in [6.45, 7) is 0. The van der Waals surface area contributed by atoms with Crippen LogP contribution in [0.5, 0.6) is 0 Å². The highest BCUT2D eigenvalue weighted by molar-refractivity contribution is 5.89. The van der Waals surface area contributed by atoms with E-state index in [0.29, 0.717) is 11.4 Å². The predicted octanol–water partition coefficient (Wildman–Crippen LogP) is 4.29. The maximum absolute atomic E-state index is 11.1. The van der Waals surface area contributed by atoms with E-state index in [2.05, 4.69) is 20.6 Å². The van der Waals surface area contributed by atoms with Crippen LogP contribution in [0.2, 0.25) is 0 Å². The second kappa shape index (κ2) is 8.13. The first-order valence-corrected chi connectivity index (χ1v) is 8.80. The van der Waals surface area contributed by atoms with Crippen LogP contribution in [-0.4, -0.2) is 25.9 Å². The normalized spacial score (nSPS) is 10.9. The van der Waals surface area contributed by atoms with Crippen LogP contribution in [-0.2, 0) is 0 Å². The highest BCUT2D eigenvalue weighted by Gasteiger charge is 2.13. The molecule has 29 heavy (non-hydrogen) atoms. The van der Waals surface area contributed by atoms with Gasteiger partial charge in [-0.2, -0.15) is 10.2 Å². The molecule has 4 aromatic rings. The largest absolute Gasteiger partial charge is 0.294 e. The molecule has 142 valence electrons. The molecule has 2 aromatic heterocycles. The molecule has 1 N–H and O–H groups in total. The zero-order valence-electron chi connectivity index (χ0n) is 15.2. The molecule has 4 rings (SSSR count). The zero-order valence-corrected chi connectivity index (χ0v) is 15.2. The molecule has 0 aliphatic carbocycles. The number of rotatable bonds is 6. The van der Waals surface area contributed by atoms with Crippen LogP contribution < -0.4 is 5.43 Å². The Hall–Kier alpha value is -4.33. The lowest BCUT2D eigenvalue weighted by Crippen LogP contribution is -1.96. The van der Waals surface area contributed by atoms with E-state index in [1.54, 1.807) is 41.5 Å². The van der Waals surface area contributed by atoms with Gasteiger partial charge in [-0.3, -0.25) is 20.5 Å². The molecule has 8 heteroatoms. The minimum atomic E-state index is -0.452. The molecule has 0 unspecified atom stereocenters. The number of anilines is 1. The summed E-state index contributed by atoms with van der Waals surface area (Å²) in [7, 11) is 0. The summed E-state index contributed by atoms with van der Waals surface area (Å²) in [5, 5.41) is 20.0. The molecule has 0 radical (unpaired) electrons. The van der Waals surface area contributed by atoms with Gasteiger partial charge in [-0.25, -0.2) is 4.68 Å². The lowest BCUT2D eigenvalue weighted by atomic mass is 10.1. The van der Waals surface area contributed by atoms with Gasteiger partial charge < -0.3 is 0 Å². The average molecular weight is 384 g/mol. The van der Waals surface area contributed by atoms with Crippen molar-refractivity contribution in [2.75, 3.05) is 5.43 Å². The molecule has 0 amide bonds. The first-order valence-electron chi connectivity index (χ1n) is 8.80. The van der Waals surface area contributed by atoms with Gasteiger partial charge in [0.25, 0.3) is 5.69 Å². The Morgan fingerprint density at radius 2 is 1.83 bits per heavy atom. The minimum Gasteiger partial charge on any atom is -0.272 e. The van der Waals surface area contributed by atoms with Crippen molar-refractivity contribution in [3.8, 4) is 16.9 Å². The van der Waals surface area contributed by atoms with Gasteiger partial charge in [0.2, 0.25) is 0 Å². The molecule has 0 atom stereocenters. The first-order chi connectivity index (χ1) is 14.2. The fourth-order valence-electron chi connectivity index (χ4n) is 2.82. The van der Waals surface area contributed by atoms with Crippen LogP contribution in [0, 0.1) is 10.1 Å². The van der Waals surface area contributed by atoms with Gasteiger partial charge in [0.1, 0.15) is 11.4 Å². The molecule has 8 nitrogen and oxygen atoms in total. The van der Waals surface area contributed by atoms with E-state index in [4.69, 9.17) is 0 Å². The van der Waals surface area contributed by atoms with Crippen molar-refractivity contribution in [1.29, 1.82) is 0 Å². The number of nitro benzene ring substituents is 1. The predicted molar refractivity (Wildman–Crippen MR) is 111 cm³/mol. The number of nitrogens with zero attached hydrogens (tertiary/aromatic N) is 5. The van der Waals surface area contributed by atoms with Crippen molar-refractivity contribution in [3.63, 3.8) is 0 Å². The van der Waals surface area contributed by atoms with Crippen LogP contribution in [0.4, 0.5) is 11.4 Å². The van der Waals surface area contributed by atoms with Crippen LogP contribution in [0.15, 0.2) is 90.4 Å². The van der Waals surface area contributed by atoms with Gasteiger partial charge in [0.15, 0.2) is 0 Å². The summed E-state index contributed by atoms with van der Waals surface area (Å²) >= 11 is 0. The van der Waals surface area contributed by atoms with Crippen molar-refractivity contribution < 1.29 is 4.92 Å². The van der Waals surface area contributed by atoms with Crippen LogP contribution >= 0.6 is 0 Å². The Morgan fingerprint density at radius 3 is 2.59 bits per heavy atom. The van der Waals surface area contributed by atoms with E-state index in [-0.39, 0.29) is 5.69 Å². The fraction of sp³-hybridized carbons (Fsp3) is 0. The van der Waals surface area contributed by atoms with Crippen molar-refractivity contribution >= 4 is 17.6 Å². The number of hydrazone groups is 1. The van der Waals surface area contributed by atoms with Gasteiger partial charge >= 0.3 is 0 Å². The molecule has 0 saturated carbocycles. The molecule has 0 spiro atoms. The molecular formula is C21H16N6O2.